The number of carboxylic acid groups (broad SMARTS) is 1. The highest BCUT2D eigenvalue weighted by Gasteiger charge is 2.17. The number of fused-ring (bicyclic) bond motifs is 3. The van der Waals surface area contributed by atoms with Gasteiger partial charge < -0.3 is 20.7 Å². The molecule has 0 saturated carbocycles. The Bertz CT molecular complexity index is 921. The summed E-state index contributed by atoms with van der Waals surface area (Å²) in [4.78, 5) is 24.3. The predicted octanol–water partition coefficient (Wildman–Crippen LogP) is 2.95. The monoisotopic (exact) mass is 356 g/mol. The van der Waals surface area contributed by atoms with Crippen LogP contribution in [0.3, 0.4) is 0 Å². The molecule has 0 aliphatic rings. The van der Waals surface area contributed by atoms with Crippen LogP contribution in [0.2, 0.25) is 0 Å². The number of unbranched alkanes of at least 4 members (excludes halogenated alkanes) is 2. The number of nitrogen functional groups attached to an aromatic ring is 1. The molecule has 0 aromatic carbocycles. The van der Waals surface area contributed by atoms with Crippen molar-refractivity contribution in [3.8, 4) is 0 Å². The second-order valence-corrected chi connectivity index (χ2v) is 6.29. The molecule has 3 rings (SSSR count). The normalized spacial score (nSPS) is 11.3. The molecule has 8 nitrogen and oxygen atoms in total. The van der Waals surface area contributed by atoms with Crippen LogP contribution in [0, 0.1) is 0 Å². The van der Waals surface area contributed by atoms with Crippen LogP contribution < -0.4 is 11.1 Å². The number of aryl methyl sites for hydroxylation is 2. The first-order chi connectivity index (χ1) is 12.6. The average Bonchev–Trinajstić information content (AvgIpc) is 2.99. The minimum atomic E-state index is -0.990. The molecule has 138 valence electrons. The molecule has 8 heteroatoms. The van der Waals surface area contributed by atoms with Gasteiger partial charge in [-0.25, -0.2) is 14.8 Å². The van der Waals surface area contributed by atoms with Crippen LogP contribution in [0.4, 0.5) is 10.6 Å². The number of imidazole rings is 1. The van der Waals surface area contributed by atoms with E-state index < -0.39 is 6.09 Å². The zero-order chi connectivity index (χ0) is 18.5. The Kier molecular flexibility index (Phi) is 5.50. The van der Waals surface area contributed by atoms with Gasteiger partial charge >= 0.3 is 6.09 Å². The van der Waals surface area contributed by atoms with Gasteiger partial charge in [0.15, 0.2) is 5.82 Å². The highest BCUT2D eigenvalue weighted by Crippen LogP contribution is 2.28. The van der Waals surface area contributed by atoms with E-state index >= 15 is 0 Å². The fourth-order valence-corrected chi connectivity index (χ4v) is 3.13. The predicted molar refractivity (Wildman–Crippen MR) is 101 cm³/mol. The summed E-state index contributed by atoms with van der Waals surface area (Å²) in [7, 11) is 0. The van der Waals surface area contributed by atoms with Gasteiger partial charge in [-0.15, -0.1) is 0 Å². The number of aromatic nitrogens is 4. The summed E-state index contributed by atoms with van der Waals surface area (Å²) in [6.45, 7) is 3.33. The number of nitrogens with two attached hydrogens (primary N) is 1. The number of pyridine rings is 2. The smallest absolute Gasteiger partial charge is 0.404 e. The van der Waals surface area contributed by atoms with E-state index in [1.54, 1.807) is 6.20 Å². The van der Waals surface area contributed by atoms with Crippen molar-refractivity contribution in [2.75, 3.05) is 12.3 Å². The number of amides is 1. The quantitative estimate of drug-likeness (QED) is 0.534. The van der Waals surface area contributed by atoms with Crippen molar-refractivity contribution >= 4 is 34.0 Å². The van der Waals surface area contributed by atoms with E-state index in [-0.39, 0.29) is 0 Å². The van der Waals surface area contributed by atoms with E-state index in [1.807, 2.05) is 12.1 Å². The fourth-order valence-electron chi connectivity index (χ4n) is 3.13. The molecule has 26 heavy (non-hydrogen) atoms. The molecule has 0 spiro atoms. The standard InChI is InChI=1S/C18H24N6O2/c1-2-3-8-13-23-15-16(24(13)11-5-4-9-21-18(25)26)14-12(22-17(15)19)7-6-10-20-14/h6-7,10,21H,2-5,8-9,11H2,1H3,(H2,19,22)(H,25,26). The lowest BCUT2D eigenvalue weighted by atomic mass is 10.2. The van der Waals surface area contributed by atoms with Gasteiger partial charge in [0, 0.05) is 25.7 Å². The van der Waals surface area contributed by atoms with Crippen LogP contribution in [0.15, 0.2) is 18.3 Å². The Morgan fingerprint density at radius 1 is 1.27 bits per heavy atom. The summed E-state index contributed by atoms with van der Waals surface area (Å²) in [5, 5.41) is 11.1. The minimum Gasteiger partial charge on any atom is -0.465 e. The van der Waals surface area contributed by atoms with E-state index in [9.17, 15) is 4.79 Å². The molecule has 0 bridgehead atoms. The number of nitrogens with zero attached hydrogens (tertiary/aromatic N) is 4. The highest BCUT2D eigenvalue weighted by atomic mass is 16.4. The van der Waals surface area contributed by atoms with Crippen molar-refractivity contribution in [2.24, 2.45) is 0 Å². The lowest BCUT2D eigenvalue weighted by Crippen LogP contribution is -2.22. The number of rotatable bonds is 8. The molecule has 1 amide bonds. The number of anilines is 1. The van der Waals surface area contributed by atoms with Crippen LogP contribution in [-0.4, -0.2) is 37.3 Å². The average molecular weight is 356 g/mol. The van der Waals surface area contributed by atoms with Gasteiger partial charge in [0.2, 0.25) is 0 Å². The third-order valence-electron chi connectivity index (χ3n) is 4.38. The summed E-state index contributed by atoms with van der Waals surface area (Å²) in [5.74, 6) is 1.41. The Balaban J connectivity index is 1.97. The number of nitrogens with one attached hydrogen (secondary N) is 1. The van der Waals surface area contributed by atoms with Crippen LogP contribution in [0.5, 0.6) is 0 Å². The van der Waals surface area contributed by atoms with Crippen LogP contribution in [-0.2, 0) is 13.0 Å². The molecular formula is C18H24N6O2. The van der Waals surface area contributed by atoms with Crippen molar-refractivity contribution in [1.29, 1.82) is 0 Å². The lowest BCUT2D eigenvalue weighted by Gasteiger charge is -2.10. The van der Waals surface area contributed by atoms with Gasteiger partial charge in [0.05, 0.1) is 5.52 Å². The third-order valence-corrected chi connectivity index (χ3v) is 4.38. The highest BCUT2D eigenvalue weighted by molar-refractivity contribution is 6.04. The van der Waals surface area contributed by atoms with Gasteiger partial charge in [-0.3, -0.25) is 4.98 Å². The van der Waals surface area contributed by atoms with E-state index in [0.29, 0.717) is 17.9 Å². The second kappa shape index (κ2) is 7.99. The molecule has 4 N–H and O–H groups in total. The van der Waals surface area contributed by atoms with Gasteiger partial charge in [-0.05, 0) is 31.4 Å². The topological polar surface area (TPSA) is 119 Å². The zero-order valence-corrected chi connectivity index (χ0v) is 14.9. The molecule has 0 aliphatic carbocycles. The van der Waals surface area contributed by atoms with Crippen LogP contribution >= 0.6 is 0 Å². The zero-order valence-electron chi connectivity index (χ0n) is 14.9. The molecule has 0 unspecified atom stereocenters. The Morgan fingerprint density at radius 2 is 2.12 bits per heavy atom. The summed E-state index contributed by atoms with van der Waals surface area (Å²) in [6.07, 6.45) is 5.34. The van der Waals surface area contributed by atoms with Gasteiger partial charge in [0.25, 0.3) is 0 Å². The molecule has 3 aromatic rings. The molecule has 0 radical (unpaired) electrons. The maximum Gasteiger partial charge on any atom is 0.404 e. The summed E-state index contributed by atoms with van der Waals surface area (Å²) >= 11 is 0. The third kappa shape index (κ3) is 3.68. The molecule has 3 aromatic heterocycles. The van der Waals surface area contributed by atoms with E-state index in [1.165, 1.54) is 0 Å². The molecule has 0 aliphatic heterocycles. The largest absolute Gasteiger partial charge is 0.465 e. The molecule has 0 saturated heterocycles. The van der Waals surface area contributed by atoms with Crippen molar-refractivity contribution in [3.05, 3.63) is 24.2 Å². The maximum absolute atomic E-state index is 10.6. The molecular weight excluding hydrogens is 332 g/mol. The Labute approximate surface area is 151 Å². The van der Waals surface area contributed by atoms with E-state index in [0.717, 1.165) is 61.0 Å². The second-order valence-electron chi connectivity index (χ2n) is 6.29. The molecule has 0 fully saturated rings. The lowest BCUT2D eigenvalue weighted by molar-refractivity contribution is 0.194. The SMILES string of the molecule is CCCCc1nc2c(N)nc3cccnc3c2n1CCCCNC(=O)O. The number of carbonyl (C=O) groups is 1. The van der Waals surface area contributed by atoms with Gasteiger partial charge in [-0.1, -0.05) is 13.3 Å². The maximum atomic E-state index is 10.6. The number of hydrogen-bond donors (Lipinski definition) is 3. The van der Waals surface area contributed by atoms with Gasteiger partial charge in [0.1, 0.15) is 22.4 Å². The fraction of sp³-hybridized carbons (Fsp3) is 0.444. The molecule has 3 heterocycles. The van der Waals surface area contributed by atoms with E-state index in [2.05, 4.69) is 26.8 Å². The van der Waals surface area contributed by atoms with Crippen molar-refractivity contribution in [3.63, 3.8) is 0 Å². The first-order valence-electron chi connectivity index (χ1n) is 8.98. The first-order valence-corrected chi connectivity index (χ1v) is 8.98. The van der Waals surface area contributed by atoms with Crippen LogP contribution in [0.1, 0.15) is 38.4 Å². The van der Waals surface area contributed by atoms with Crippen molar-refractivity contribution < 1.29 is 9.90 Å². The van der Waals surface area contributed by atoms with E-state index in [4.69, 9.17) is 15.8 Å². The Morgan fingerprint density at radius 3 is 2.88 bits per heavy atom. The van der Waals surface area contributed by atoms with Gasteiger partial charge in [-0.2, -0.15) is 0 Å². The summed E-state index contributed by atoms with van der Waals surface area (Å²) in [6, 6.07) is 3.74. The molecule has 0 atom stereocenters. The first kappa shape index (κ1) is 17.9. The van der Waals surface area contributed by atoms with Crippen LogP contribution in [0.25, 0.3) is 22.1 Å². The number of hydrogen-bond acceptors (Lipinski definition) is 5. The van der Waals surface area contributed by atoms with Crippen molar-refractivity contribution in [2.45, 2.75) is 45.6 Å². The Hall–Kier alpha value is -2.90. The minimum absolute atomic E-state index is 0.421. The van der Waals surface area contributed by atoms with Crippen molar-refractivity contribution in [1.82, 2.24) is 24.8 Å². The summed E-state index contributed by atoms with van der Waals surface area (Å²) < 4.78 is 2.18. The summed E-state index contributed by atoms with van der Waals surface area (Å²) in [5.41, 5.74) is 9.33.